The number of thioether (sulfide) groups is 1. The summed E-state index contributed by atoms with van der Waals surface area (Å²) in [6.07, 6.45) is -8.82. The van der Waals surface area contributed by atoms with Crippen molar-refractivity contribution in [2.45, 2.75) is 108 Å². The molecule has 0 aromatic carbocycles. The maximum Gasteiger partial charge on any atom is 0.303 e. The van der Waals surface area contributed by atoms with Crippen LogP contribution in [0, 0.1) is 0 Å². The Hall–Kier alpha value is -3.21. The molecule has 0 unspecified atom stereocenters. The molecular weight excluding hydrogens is 596 g/mol. The fourth-order valence-electron chi connectivity index (χ4n) is 4.55. The summed E-state index contributed by atoms with van der Waals surface area (Å²) in [5.41, 5.74) is -1.15. The van der Waals surface area contributed by atoms with Crippen LogP contribution in [-0.2, 0) is 71.4 Å². The maximum absolute atomic E-state index is 12.3. The van der Waals surface area contributed by atoms with Gasteiger partial charge in [0.1, 0.15) is 18.1 Å². The van der Waals surface area contributed by atoms with Gasteiger partial charge >= 0.3 is 35.8 Å². The number of ether oxygens (including phenoxy) is 9. The van der Waals surface area contributed by atoms with Crippen molar-refractivity contribution in [3.05, 3.63) is 12.7 Å². The van der Waals surface area contributed by atoms with Gasteiger partial charge in [-0.2, -0.15) is 0 Å². The smallest absolute Gasteiger partial charge is 0.303 e. The molecule has 0 aromatic rings. The van der Waals surface area contributed by atoms with Gasteiger partial charge in [0.25, 0.3) is 0 Å². The van der Waals surface area contributed by atoms with E-state index in [9.17, 15) is 28.8 Å². The molecule has 2 rings (SSSR count). The standard InChI is InChI=1S/C27H38O15S/c1-9-10-34-26-24(23(39-17(7)32)21(37-15(5)30)19(41-26)11-35-13(3)28)42-27-25(40-18(8)33)22(38-16(6)31)20(12(2)43-27)36-14(4)29/h9,12,19-27H,1,10-11H2,2-8H3/t12-,19+,20+,21-,22+,23-,24+,25-,26+,27+/m0/s1. The lowest BCUT2D eigenvalue weighted by Gasteiger charge is -2.48. The molecule has 2 heterocycles. The maximum atomic E-state index is 12.3. The topological polar surface area (TPSA) is 185 Å². The first-order valence-corrected chi connectivity index (χ1v) is 14.3. The van der Waals surface area contributed by atoms with Gasteiger partial charge in [0.05, 0.1) is 6.61 Å². The summed E-state index contributed by atoms with van der Waals surface area (Å²) in [7, 11) is 0. The summed E-state index contributed by atoms with van der Waals surface area (Å²) < 4.78 is 50.7. The van der Waals surface area contributed by atoms with Crippen LogP contribution >= 0.6 is 11.8 Å². The highest BCUT2D eigenvalue weighted by Gasteiger charge is 2.56. The Morgan fingerprint density at radius 2 is 1.14 bits per heavy atom. The number of hydrogen-bond donors (Lipinski definition) is 0. The molecule has 0 amide bonds. The minimum Gasteiger partial charge on any atom is -0.463 e. The van der Waals surface area contributed by atoms with Crippen molar-refractivity contribution in [3.63, 3.8) is 0 Å². The van der Waals surface area contributed by atoms with Crippen LogP contribution in [0.3, 0.4) is 0 Å². The molecule has 0 saturated carbocycles. The molecule has 43 heavy (non-hydrogen) atoms. The quantitative estimate of drug-likeness (QED) is 0.168. The highest BCUT2D eigenvalue weighted by Crippen LogP contribution is 2.41. The van der Waals surface area contributed by atoms with Crippen molar-refractivity contribution in [3.8, 4) is 0 Å². The van der Waals surface area contributed by atoms with Gasteiger partial charge in [0.2, 0.25) is 0 Å². The van der Waals surface area contributed by atoms with E-state index in [1.54, 1.807) is 6.92 Å². The first-order valence-electron chi connectivity index (χ1n) is 13.3. The summed E-state index contributed by atoms with van der Waals surface area (Å²) in [6, 6.07) is 0. The number of esters is 6. The molecular formula is C27H38O15S. The van der Waals surface area contributed by atoms with Crippen LogP contribution in [0.4, 0.5) is 0 Å². The van der Waals surface area contributed by atoms with Gasteiger partial charge in [-0.15, -0.1) is 18.3 Å². The largest absolute Gasteiger partial charge is 0.463 e. The summed E-state index contributed by atoms with van der Waals surface area (Å²) in [5.74, 6) is -4.35. The minimum atomic E-state index is -1.39. The lowest BCUT2D eigenvalue weighted by molar-refractivity contribution is -0.318. The third-order valence-corrected chi connectivity index (χ3v) is 7.29. The van der Waals surface area contributed by atoms with Gasteiger partial charge in [-0.25, -0.2) is 0 Å². The number of hydrogen-bond acceptors (Lipinski definition) is 16. The van der Waals surface area contributed by atoms with Crippen molar-refractivity contribution in [2.24, 2.45) is 0 Å². The van der Waals surface area contributed by atoms with E-state index in [-0.39, 0.29) is 6.61 Å². The minimum absolute atomic E-state index is 0.0674. The fraction of sp³-hybridized carbons (Fsp3) is 0.704. The van der Waals surface area contributed by atoms with Gasteiger partial charge in [0, 0.05) is 46.8 Å². The second kappa shape index (κ2) is 16.6. The second-order valence-electron chi connectivity index (χ2n) is 9.65. The Balaban J connectivity index is 2.60. The van der Waals surface area contributed by atoms with Crippen LogP contribution in [0.2, 0.25) is 0 Å². The van der Waals surface area contributed by atoms with E-state index in [4.69, 9.17) is 42.6 Å². The molecule has 16 heteroatoms. The molecule has 2 fully saturated rings. The summed E-state index contributed by atoms with van der Waals surface area (Å²) in [4.78, 5) is 72.1. The molecule has 242 valence electrons. The third-order valence-electron chi connectivity index (χ3n) is 5.95. The Bertz CT molecular complexity index is 1050. The van der Waals surface area contributed by atoms with Gasteiger partial charge in [-0.3, -0.25) is 28.8 Å². The molecule has 0 aromatic heterocycles. The normalized spacial score (nSPS) is 32.0. The zero-order chi connectivity index (χ0) is 32.4. The lowest BCUT2D eigenvalue weighted by atomic mass is 9.97. The fourth-order valence-corrected chi connectivity index (χ4v) is 5.89. The predicted octanol–water partition coefficient (Wildman–Crippen LogP) is 0.982. The van der Waals surface area contributed by atoms with E-state index < -0.39 is 102 Å². The van der Waals surface area contributed by atoms with Crippen molar-refractivity contribution in [1.29, 1.82) is 0 Å². The molecule has 2 aliphatic rings. The number of carbonyl (C=O) groups excluding carboxylic acids is 6. The molecule has 0 N–H and O–H groups in total. The van der Waals surface area contributed by atoms with Crippen molar-refractivity contribution in [2.75, 3.05) is 13.2 Å². The van der Waals surface area contributed by atoms with E-state index in [2.05, 4.69) is 6.58 Å². The van der Waals surface area contributed by atoms with Crippen LogP contribution in [0.15, 0.2) is 12.7 Å². The Labute approximate surface area is 253 Å². The lowest BCUT2D eigenvalue weighted by Crippen LogP contribution is -2.65. The first-order chi connectivity index (χ1) is 20.1. The average Bonchev–Trinajstić information content (AvgIpc) is 2.87. The van der Waals surface area contributed by atoms with Crippen molar-refractivity contribution in [1.82, 2.24) is 0 Å². The molecule has 15 nitrogen and oxygen atoms in total. The molecule has 10 atom stereocenters. The first kappa shape index (κ1) is 36.0. The van der Waals surface area contributed by atoms with Gasteiger partial charge < -0.3 is 42.6 Å². The summed E-state index contributed by atoms with van der Waals surface area (Å²) in [6.45, 7) is 11.7. The third kappa shape index (κ3) is 10.8. The molecule has 2 aliphatic heterocycles. The van der Waals surface area contributed by atoms with Crippen LogP contribution < -0.4 is 0 Å². The van der Waals surface area contributed by atoms with E-state index >= 15 is 0 Å². The van der Waals surface area contributed by atoms with E-state index in [1.165, 1.54) is 19.9 Å². The van der Waals surface area contributed by atoms with Crippen LogP contribution in [0.5, 0.6) is 0 Å². The number of carbonyl (C=O) groups is 6. The van der Waals surface area contributed by atoms with E-state index in [0.717, 1.165) is 39.5 Å². The molecule has 0 aliphatic carbocycles. The molecule has 2 saturated heterocycles. The van der Waals surface area contributed by atoms with E-state index in [1.807, 2.05) is 0 Å². The summed E-state index contributed by atoms with van der Waals surface area (Å²) in [5, 5.41) is -0.574. The highest BCUT2D eigenvalue weighted by molar-refractivity contribution is 8.00. The second-order valence-corrected chi connectivity index (χ2v) is 11.1. The Morgan fingerprint density at radius 1 is 0.674 bits per heavy atom. The average molecular weight is 635 g/mol. The van der Waals surface area contributed by atoms with E-state index in [0.29, 0.717) is 0 Å². The molecule has 0 bridgehead atoms. The molecule has 0 radical (unpaired) electrons. The van der Waals surface area contributed by atoms with Crippen LogP contribution in [-0.4, -0.2) is 109 Å². The Morgan fingerprint density at radius 3 is 1.63 bits per heavy atom. The SMILES string of the molecule is C=CCO[C@@H]1O[C@H](COC(C)=O)[C@H](OC(C)=O)[C@H](OC(C)=O)[C@H]1O[C@@H]1S[C@@H](C)[C@@H](OC(C)=O)[C@@H](OC(C)=O)[C@@H]1OC(C)=O. The number of rotatable bonds is 12. The summed E-state index contributed by atoms with van der Waals surface area (Å²) >= 11 is 1.07. The molecule has 0 spiro atoms. The van der Waals surface area contributed by atoms with Gasteiger partial charge in [0.15, 0.2) is 42.9 Å². The van der Waals surface area contributed by atoms with Crippen molar-refractivity contribution < 1.29 is 71.4 Å². The van der Waals surface area contributed by atoms with Crippen molar-refractivity contribution >= 4 is 47.6 Å². The zero-order valence-electron chi connectivity index (χ0n) is 25.0. The Kier molecular flexibility index (Phi) is 13.9. The van der Waals surface area contributed by atoms with Gasteiger partial charge in [-0.1, -0.05) is 6.08 Å². The zero-order valence-corrected chi connectivity index (χ0v) is 25.8. The van der Waals surface area contributed by atoms with Crippen LogP contribution in [0.1, 0.15) is 48.5 Å². The highest BCUT2D eigenvalue weighted by atomic mass is 32.2. The predicted molar refractivity (Wildman–Crippen MR) is 145 cm³/mol. The monoisotopic (exact) mass is 634 g/mol. The van der Waals surface area contributed by atoms with Gasteiger partial charge in [-0.05, 0) is 6.92 Å². The van der Waals surface area contributed by atoms with Crippen LogP contribution in [0.25, 0.3) is 0 Å².